The first-order chi connectivity index (χ1) is 12.6. The second kappa shape index (κ2) is 6.70. The highest BCUT2D eigenvalue weighted by Crippen LogP contribution is 2.48. The van der Waals surface area contributed by atoms with E-state index in [1.807, 2.05) is 23.6 Å². The van der Waals surface area contributed by atoms with Crippen LogP contribution < -0.4 is 5.32 Å². The van der Waals surface area contributed by atoms with Crippen molar-refractivity contribution < 1.29 is 18.7 Å². The fourth-order valence-electron chi connectivity index (χ4n) is 3.08. The van der Waals surface area contributed by atoms with Gasteiger partial charge < -0.3 is 14.8 Å². The van der Waals surface area contributed by atoms with Gasteiger partial charge in [0.05, 0.1) is 16.8 Å². The first kappa shape index (κ1) is 17.0. The molecule has 134 valence electrons. The summed E-state index contributed by atoms with van der Waals surface area (Å²) in [6.07, 6.45) is 0.532. The molecule has 0 spiro atoms. The minimum absolute atomic E-state index is 0.0686. The lowest BCUT2D eigenvalue weighted by Crippen LogP contribution is -2.37. The predicted octanol–water partition coefficient (Wildman–Crippen LogP) is 4.03. The van der Waals surface area contributed by atoms with Crippen LogP contribution in [0.3, 0.4) is 0 Å². The van der Waals surface area contributed by atoms with E-state index in [9.17, 15) is 14.3 Å². The van der Waals surface area contributed by atoms with E-state index < -0.39 is 11.5 Å². The molecule has 6 heteroatoms. The lowest BCUT2D eigenvalue weighted by Gasteiger charge is -2.17. The number of benzene rings is 1. The monoisotopic (exact) mass is 371 g/mol. The molecule has 0 aliphatic heterocycles. The molecule has 26 heavy (non-hydrogen) atoms. The largest absolute Gasteiger partial charge is 0.457 e. The van der Waals surface area contributed by atoms with Crippen LogP contribution in [0.25, 0.3) is 10.6 Å². The van der Waals surface area contributed by atoms with Crippen molar-refractivity contribution in [1.29, 1.82) is 0 Å². The number of aliphatic hydroxyl groups is 1. The Morgan fingerprint density at radius 3 is 2.65 bits per heavy atom. The Hall–Kier alpha value is -2.44. The van der Waals surface area contributed by atoms with Crippen molar-refractivity contribution in [2.45, 2.75) is 24.4 Å². The molecular weight excluding hydrogens is 353 g/mol. The number of carbonyl (C=O) groups is 1. The summed E-state index contributed by atoms with van der Waals surface area (Å²) in [7, 11) is 0. The van der Waals surface area contributed by atoms with Gasteiger partial charge in [-0.2, -0.15) is 0 Å². The van der Waals surface area contributed by atoms with E-state index >= 15 is 0 Å². The van der Waals surface area contributed by atoms with Crippen molar-refractivity contribution in [3.63, 3.8) is 0 Å². The van der Waals surface area contributed by atoms with E-state index in [-0.39, 0.29) is 18.3 Å². The topological polar surface area (TPSA) is 62.5 Å². The second-order valence-corrected chi connectivity index (χ2v) is 7.44. The zero-order valence-electron chi connectivity index (χ0n) is 13.9. The average molecular weight is 371 g/mol. The second-order valence-electron chi connectivity index (χ2n) is 6.49. The van der Waals surface area contributed by atoms with Crippen LogP contribution in [0.4, 0.5) is 4.39 Å². The number of carbonyl (C=O) groups excluding carboxylic acids is 1. The van der Waals surface area contributed by atoms with Gasteiger partial charge in [-0.25, -0.2) is 4.39 Å². The average Bonchev–Trinajstić information content (AvgIpc) is 3.07. The van der Waals surface area contributed by atoms with E-state index in [4.69, 9.17) is 4.42 Å². The van der Waals surface area contributed by atoms with Crippen molar-refractivity contribution in [1.82, 2.24) is 5.32 Å². The molecule has 1 fully saturated rings. The third-order valence-corrected chi connectivity index (χ3v) is 5.64. The first-order valence-electron chi connectivity index (χ1n) is 8.44. The molecule has 1 aromatic carbocycles. The quantitative estimate of drug-likeness (QED) is 0.688. The molecular formula is C20H18FNO3S. The summed E-state index contributed by atoms with van der Waals surface area (Å²) in [5.41, 5.74) is 0.211. The fraction of sp³-hybridized carbons (Fsp3) is 0.250. The molecule has 1 saturated carbocycles. The predicted molar refractivity (Wildman–Crippen MR) is 97.3 cm³/mol. The smallest absolute Gasteiger partial charge is 0.230 e. The third kappa shape index (κ3) is 3.18. The first-order valence-corrected chi connectivity index (χ1v) is 9.32. The highest BCUT2D eigenvalue weighted by atomic mass is 32.1. The van der Waals surface area contributed by atoms with Crippen LogP contribution in [0.5, 0.6) is 0 Å². The normalized spacial score (nSPS) is 16.2. The minimum Gasteiger partial charge on any atom is -0.457 e. The number of halogens is 1. The summed E-state index contributed by atoms with van der Waals surface area (Å²) >= 11 is 1.56. The van der Waals surface area contributed by atoms with Crippen LogP contribution in [0, 0.1) is 5.82 Å². The number of thiophene rings is 1. The summed E-state index contributed by atoms with van der Waals surface area (Å²) in [6.45, 7) is 0.0686. The maximum Gasteiger partial charge on any atom is 0.230 e. The SMILES string of the molecule is O=C(NCC(O)c1ccc(-c2cccs2)o1)C1(c2ccc(F)cc2)CC1. The number of amides is 1. The molecule has 1 amide bonds. The summed E-state index contributed by atoms with van der Waals surface area (Å²) < 4.78 is 18.8. The number of nitrogens with one attached hydrogen (secondary N) is 1. The van der Waals surface area contributed by atoms with E-state index in [1.165, 1.54) is 12.1 Å². The van der Waals surface area contributed by atoms with Crippen LogP contribution in [0.1, 0.15) is 30.3 Å². The Bertz CT molecular complexity index is 898. The van der Waals surface area contributed by atoms with Gasteiger partial charge in [0, 0.05) is 0 Å². The fourth-order valence-corrected chi connectivity index (χ4v) is 3.77. The maximum absolute atomic E-state index is 13.1. The molecule has 0 saturated heterocycles. The van der Waals surface area contributed by atoms with Crippen molar-refractivity contribution in [2.75, 3.05) is 6.54 Å². The Morgan fingerprint density at radius 1 is 1.23 bits per heavy atom. The van der Waals surface area contributed by atoms with Crippen molar-refractivity contribution >= 4 is 17.2 Å². The molecule has 1 aliphatic rings. The number of aliphatic hydroxyl groups excluding tert-OH is 1. The molecule has 1 atom stereocenters. The van der Waals surface area contributed by atoms with Gasteiger partial charge >= 0.3 is 0 Å². The van der Waals surface area contributed by atoms with Crippen molar-refractivity contribution in [3.8, 4) is 10.6 Å². The Kier molecular flexibility index (Phi) is 4.38. The minimum atomic E-state index is -0.920. The van der Waals surface area contributed by atoms with Crippen LogP contribution in [-0.4, -0.2) is 17.6 Å². The highest BCUT2D eigenvalue weighted by molar-refractivity contribution is 7.13. The standard InChI is InChI=1S/C20H18FNO3S/c21-14-5-3-13(4-6-14)20(9-10-20)19(24)22-12-15(23)16-7-8-17(25-16)18-2-1-11-26-18/h1-8,11,15,23H,9-10,12H2,(H,22,24). The summed E-state index contributed by atoms with van der Waals surface area (Å²) in [6, 6.07) is 13.4. The zero-order valence-corrected chi connectivity index (χ0v) is 14.8. The molecule has 2 aromatic heterocycles. The molecule has 2 N–H and O–H groups in total. The summed E-state index contributed by atoms with van der Waals surface area (Å²) in [5, 5.41) is 15.1. The van der Waals surface area contributed by atoms with Gasteiger partial charge in [-0.15, -0.1) is 11.3 Å². The third-order valence-electron chi connectivity index (χ3n) is 4.76. The lowest BCUT2D eigenvalue weighted by molar-refractivity contribution is -0.124. The number of hydrogen-bond acceptors (Lipinski definition) is 4. The van der Waals surface area contributed by atoms with Gasteiger partial charge in [-0.3, -0.25) is 4.79 Å². The highest BCUT2D eigenvalue weighted by Gasteiger charge is 2.51. The molecule has 4 rings (SSSR count). The van der Waals surface area contributed by atoms with E-state index in [1.54, 1.807) is 29.5 Å². The van der Waals surface area contributed by atoms with Crippen molar-refractivity contribution in [2.24, 2.45) is 0 Å². The lowest BCUT2D eigenvalue weighted by atomic mass is 9.95. The molecule has 1 aliphatic carbocycles. The Morgan fingerprint density at radius 2 is 2.00 bits per heavy atom. The molecule has 4 nitrogen and oxygen atoms in total. The van der Waals surface area contributed by atoms with Gasteiger partial charge in [0.15, 0.2) is 0 Å². The van der Waals surface area contributed by atoms with Crippen LogP contribution in [0.2, 0.25) is 0 Å². The number of rotatable bonds is 6. The molecule has 0 radical (unpaired) electrons. The molecule has 0 bridgehead atoms. The zero-order chi connectivity index (χ0) is 18.1. The van der Waals surface area contributed by atoms with E-state index in [0.29, 0.717) is 11.5 Å². The van der Waals surface area contributed by atoms with Gasteiger partial charge in [-0.1, -0.05) is 18.2 Å². The van der Waals surface area contributed by atoms with Crippen LogP contribution >= 0.6 is 11.3 Å². The van der Waals surface area contributed by atoms with Crippen LogP contribution in [-0.2, 0) is 10.2 Å². The Balaban J connectivity index is 1.39. The van der Waals surface area contributed by atoms with Crippen LogP contribution in [0.15, 0.2) is 58.3 Å². The van der Waals surface area contributed by atoms with Gasteiger partial charge in [-0.05, 0) is 54.1 Å². The molecule has 1 unspecified atom stereocenters. The molecule has 3 aromatic rings. The molecule has 2 heterocycles. The van der Waals surface area contributed by atoms with E-state index in [0.717, 1.165) is 23.3 Å². The van der Waals surface area contributed by atoms with Gasteiger partial charge in [0.1, 0.15) is 23.4 Å². The van der Waals surface area contributed by atoms with Gasteiger partial charge in [0.2, 0.25) is 5.91 Å². The Labute approximate surface area is 154 Å². The number of furan rings is 1. The van der Waals surface area contributed by atoms with E-state index in [2.05, 4.69) is 5.32 Å². The van der Waals surface area contributed by atoms with Crippen molar-refractivity contribution in [3.05, 3.63) is 71.1 Å². The van der Waals surface area contributed by atoms with Gasteiger partial charge in [0.25, 0.3) is 0 Å². The maximum atomic E-state index is 13.1. The number of hydrogen-bond donors (Lipinski definition) is 2. The summed E-state index contributed by atoms with van der Waals surface area (Å²) in [5.74, 6) is 0.652. The summed E-state index contributed by atoms with van der Waals surface area (Å²) in [4.78, 5) is 13.6.